The summed E-state index contributed by atoms with van der Waals surface area (Å²) in [4.78, 5) is 31.7. The molecule has 0 N–H and O–H groups in total. The number of aryl methyl sites for hydroxylation is 1. The molecule has 1 saturated heterocycles. The van der Waals surface area contributed by atoms with Gasteiger partial charge in [-0.15, -0.1) is 0 Å². The Morgan fingerprint density at radius 3 is 2.53 bits per heavy atom. The van der Waals surface area contributed by atoms with Gasteiger partial charge in [0.1, 0.15) is 5.82 Å². The van der Waals surface area contributed by atoms with Gasteiger partial charge in [-0.3, -0.25) is 4.79 Å². The summed E-state index contributed by atoms with van der Waals surface area (Å²) in [5, 5.41) is 6.15. The first-order chi connectivity index (χ1) is 16.6. The van der Waals surface area contributed by atoms with E-state index in [1.807, 2.05) is 48.2 Å². The molecule has 9 heteroatoms. The zero-order valence-electron chi connectivity index (χ0n) is 18.9. The van der Waals surface area contributed by atoms with Crippen LogP contribution in [0, 0.1) is 6.92 Å². The first-order valence-corrected chi connectivity index (χ1v) is 11.9. The molecular weight excluding hydrogens is 450 g/mol. The SMILES string of the molecule is Cc1nn(-c2ccccn2)c2nc(C3CC3)cc(C(=O)N3CCN(c4ccc(Cl)cn4)CC3)c12. The Kier molecular flexibility index (Phi) is 5.17. The maximum atomic E-state index is 13.8. The van der Waals surface area contributed by atoms with Crippen molar-refractivity contribution in [1.82, 2.24) is 29.6 Å². The van der Waals surface area contributed by atoms with Gasteiger partial charge in [-0.1, -0.05) is 17.7 Å². The van der Waals surface area contributed by atoms with Crippen molar-refractivity contribution < 1.29 is 4.79 Å². The first-order valence-electron chi connectivity index (χ1n) is 11.6. The Bertz CT molecular complexity index is 1360. The lowest BCUT2D eigenvalue weighted by Crippen LogP contribution is -2.49. The minimum absolute atomic E-state index is 0.0293. The molecule has 0 bridgehead atoms. The number of hydrogen-bond donors (Lipinski definition) is 0. The Morgan fingerprint density at radius 1 is 1.03 bits per heavy atom. The molecule has 172 valence electrons. The molecule has 1 saturated carbocycles. The molecule has 0 unspecified atom stereocenters. The first kappa shape index (κ1) is 21.0. The highest BCUT2D eigenvalue weighted by Gasteiger charge is 2.31. The number of carbonyl (C=O) groups is 1. The topological polar surface area (TPSA) is 80.0 Å². The van der Waals surface area contributed by atoms with Gasteiger partial charge in [0.15, 0.2) is 11.5 Å². The molecule has 1 aliphatic carbocycles. The Labute approximate surface area is 202 Å². The van der Waals surface area contributed by atoms with Gasteiger partial charge in [-0.25, -0.2) is 15.0 Å². The lowest BCUT2D eigenvalue weighted by atomic mass is 10.1. The van der Waals surface area contributed by atoms with Crippen LogP contribution >= 0.6 is 11.6 Å². The molecule has 1 amide bonds. The third-order valence-corrected chi connectivity index (χ3v) is 6.75. The molecule has 34 heavy (non-hydrogen) atoms. The number of pyridine rings is 3. The third-order valence-electron chi connectivity index (χ3n) is 6.53. The Balaban J connectivity index is 1.34. The molecule has 1 aliphatic heterocycles. The molecule has 5 heterocycles. The maximum absolute atomic E-state index is 13.8. The monoisotopic (exact) mass is 473 g/mol. The second-order valence-corrected chi connectivity index (χ2v) is 9.30. The highest BCUT2D eigenvalue weighted by molar-refractivity contribution is 6.30. The van der Waals surface area contributed by atoms with Crippen LogP contribution in [-0.2, 0) is 0 Å². The lowest BCUT2D eigenvalue weighted by Gasteiger charge is -2.35. The van der Waals surface area contributed by atoms with Gasteiger partial charge in [0.25, 0.3) is 5.91 Å². The summed E-state index contributed by atoms with van der Waals surface area (Å²) in [7, 11) is 0. The molecule has 0 radical (unpaired) electrons. The van der Waals surface area contributed by atoms with Gasteiger partial charge in [-0.05, 0) is 50.1 Å². The van der Waals surface area contributed by atoms with Crippen LogP contribution < -0.4 is 4.90 Å². The van der Waals surface area contributed by atoms with Crippen molar-refractivity contribution in [3.05, 3.63) is 70.8 Å². The Morgan fingerprint density at radius 2 is 1.85 bits per heavy atom. The summed E-state index contributed by atoms with van der Waals surface area (Å²) < 4.78 is 1.76. The number of nitrogens with zero attached hydrogens (tertiary/aromatic N) is 7. The normalized spacial score (nSPS) is 16.3. The van der Waals surface area contributed by atoms with Crippen LogP contribution in [0.1, 0.15) is 40.5 Å². The molecular formula is C25H24ClN7O. The summed E-state index contributed by atoms with van der Waals surface area (Å²) >= 11 is 5.97. The molecule has 0 aromatic carbocycles. The van der Waals surface area contributed by atoms with Crippen molar-refractivity contribution in [1.29, 1.82) is 0 Å². The molecule has 2 aliphatic rings. The van der Waals surface area contributed by atoms with E-state index in [0.29, 0.717) is 41.1 Å². The zero-order valence-corrected chi connectivity index (χ0v) is 19.6. The summed E-state index contributed by atoms with van der Waals surface area (Å²) in [5.41, 5.74) is 3.14. The zero-order chi connectivity index (χ0) is 23.2. The quantitative estimate of drug-likeness (QED) is 0.445. The number of hydrogen-bond acceptors (Lipinski definition) is 6. The van der Waals surface area contributed by atoms with E-state index >= 15 is 0 Å². The smallest absolute Gasteiger partial charge is 0.254 e. The number of aromatic nitrogens is 5. The van der Waals surface area contributed by atoms with Gasteiger partial charge in [0, 0.05) is 50.2 Å². The van der Waals surface area contributed by atoms with Gasteiger partial charge in [0.05, 0.1) is 21.7 Å². The van der Waals surface area contributed by atoms with Crippen molar-refractivity contribution in [2.24, 2.45) is 0 Å². The highest BCUT2D eigenvalue weighted by atomic mass is 35.5. The predicted molar refractivity (Wildman–Crippen MR) is 131 cm³/mol. The van der Waals surface area contributed by atoms with Crippen LogP contribution in [0.15, 0.2) is 48.8 Å². The van der Waals surface area contributed by atoms with E-state index < -0.39 is 0 Å². The largest absolute Gasteiger partial charge is 0.353 e. The van der Waals surface area contributed by atoms with Gasteiger partial charge in [0.2, 0.25) is 0 Å². The van der Waals surface area contributed by atoms with Crippen molar-refractivity contribution in [2.45, 2.75) is 25.7 Å². The van der Waals surface area contributed by atoms with Crippen LogP contribution in [0.5, 0.6) is 0 Å². The van der Waals surface area contributed by atoms with Gasteiger partial charge in [-0.2, -0.15) is 9.78 Å². The van der Waals surface area contributed by atoms with Gasteiger partial charge < -0.3 is 9.80 Å². The molecule has 0 spiro atoms. The van der Waals surface area contributed by atoms with E-state index in [4.69, 9.17) is 21.7 Å². The van der Waals surface area contributed by atoms with Crippen LogP contribution in [0.25, 0.3) is 16.9 Å². The number of halogens is 1. The van der Waals surface area contributed by atoms with E-state index in [-0.39, 0.29) is 5.91 Å². The standard InChI is InChI=1S/C25H24ClN7O/c1-16-23-19(25(34)32-12-10-31(11-13-32)21-8-7-18(26)15-28-21)14-20(17-5-6-17)29-24(23)33(30-16)22-4-2-3-9-27-22/h2-4,7-9,14-15,17H,5-6,10-13H2,1H3. The number of piperazine rings is 1. The van der Waals surface area contributed by atoms with Crippen molar-refractivity contribution in [3.63, 3.8) is 0 Å². The lowest BCUT2D eigenvalue weighted by molar-refractivity contribution is 0.0748. The van der Waals surface area contributed by atoms with E-state index in [2.05, 4.69) is 14.9 Å². The number of fused-ring (bicyclic) bond motifs is 1. The summed E-state index contributed by atoms with van der Waals surface area (Å²) in [6.45, 7) is 4.62. The van der Waals surface area contributed by atoms with Crippen molar-refractivity contribution in [2.75, 3.05) is 31.1 Å². The molecule has 0 atom stereocenters. The minimum Gasteiger partial charge on any atom is -0.353 e. The van der Waals surface area contributed by atoms with E-state index in [0.717, 1.165) is 48.5 Å². The predicted octanol–water partition coefficient (Wildman–Crippen LogP) is 4.01. The number of amides is 1. The van der Waals surface area contributed by atoms with Crippen molar-refractivity contribution >= 4 is 34.4 Å². The maximum Gasteiger partial charge on any atom is 0.254 e. The molecule has 4 aromatic heterocycles. The second kappa shape index (κ2) is 8.36. The summed E-state index contributed by atoms with van der Waals surface area (Å²) in [6, 6.07) is 11.5. The van der Waals surface area contributed by atoms with E-state index in [1.54, 1.807) is 17.1 Å². The highest BCUT2D eigenvalue weighted by Crippen LogP contribution is 2.41. The molecule has 6 rings (SSSR count). The Hall–Kier alpha value is -3.52. The average Bonchev–Trinajstić information content (AvgIpc) is 3.68. The fraction of sp³-hybridized carbons (Fsp3) is 0.320. The fourth-order valence-electron chi connectivity index (χ4n) is 4.57. The van der Waals surface area contributed by atoms with E-state index in [1.165, 1.54) is 0 Å². The number of rotatable bonds is 4. The molecule has 8 nitrogen and oxygen atoms in total. The average molecular weight is 474 g/mol. The fourth-order valence-corrected chi connectivity index (χ4v) is 4.68. The summed E-state index contributed by atoms with van der Waals surface area (Å²) in [5.74, 6) is 2.02. The molecule has 4 aromatic rings. The number of carbonyl (C=O) groups excluding carboxylic acids is 1. The molecule has 2 fully saturated rings. The van der Waals surface area contributed by atoms with Crippen LogP contribution in [0.3, 0.4) is 0 Å². The van der Waals surface area contributed by atoms with Crippen molar-refractivity contribution in [3.8, 4) is 5.82 Å². The summed E-state index contributed by atoms with van der Waals surface area (Å²) in [6.07, 6.45) is 5.61. The second-order valence-electron chi connectivity index (χ2n) is 8.87. The van der Waals surface area contributed by atoms with Crippen LogP contribution in [0.2, 0.25) is 5.02 Å². The van der Waals surface area contributed by atoms with Gasteiger partial charge >= 0.3 is 0 Å². The van der Waals surface area contributed by atoms with Crippen LogP contribution in [0.4, 0.5) is 5.82 Å². The number of anilines is 1. The minimum atomic E-state index is 0.0293. The third kappa shape index (κ3) is 3.77. The van der Waals surface area contributed by atoms with Crippen LogP contribution in [-0.4, -0.2) is 61.7 Å². The van der Waals surface area contributed by atoms with E-state index in [9.17, 15) is 4.79 Å².